The van der Waals surface area contributed by atoms with Crippen LogP contribution in [0.25, 0.3) is 0 Å². The van der Waals surface area contributed by atoms with Crippen LogP contribution in [0.15, 0.2) is 18.2 Å². The van der Waals surface area contributed by atoms with Crippen LogP contribution in [0, 0.1) is 5.92 Å². The van der Waals surface area contributed by atoms with Crippen molar-refractivity contribution >= 4 is 23.2 Å². The van der Waals surface area contributed by atoms with Gasteiger partial charge in [-0.05, 0) is 49.3 Å². The third kappa shape index (κ3) is 4.11. The van der Waals surface area contributed by atoms with Crippen LogP contribution in [0.1, 0.15) is 51.0 Å². The third-order valence-electron chi connectivity index (χ3n) is 4.47. The van der Waals surface area contributed by atoms with E-state index in [1.165, 1.54) is 25.7 Å². The summed E-state index contributed by atoms with van der Waals surface area (Å²) in [4.78, 5) is 0. The first-order valence-corrected chi connectivity index (χ1v) is 8.01. The molecule has 1 nitrogen and oxygen atoms in total. The quantitative estimate of drug-likeness (QED) is 0.761. The van der Waals surface area contributed by atoms with Crippen LogP contribution in [0.3, 0.4) is 0 Å². The Bertz CT molecular complexity index is 433. The smallest absolute Gasteiger partial charge is 0.0453 e. The topological polar surface area (TPSA) is 26.0 Å². The predicted molar refractivity (Wildman–Crippen MR) is 84.0 cm³/mol. The molecule has 0 radical (unpaired) electrons. The van der Waals surface area contributed by atoms with Gasteiger partial charge in [0.25, 0.3) is 0 Å². The van der Waals surface area contributed by atoms with E-state index >= 15 is 0 Å². The highest BCUT2D eigenvalue weighted by Crippen LogP contribution is 2.34. The summed E-state index contributed by atoms with van der Waals surface area (Å²) in [6.45, 7) is 2.28. The summed E-state index contributed by atoms with van der Waals surface area (Å²) in [5.74, 6) is 0.853. The molecule has 0 heterocycles. The molecule has 1 aromatic rings. The van der Waals surface area contributed by atoms with E-state index in [4.69, 9.17) is 28.9 Å². The second-order valence-corrected chi connectivity index (χ2v) is 6.82. The minimum atomic E-state index is -0.0958. The average Bonchev–Trinajstić information content (AvgIpc) is 2.55. The van der Waals surface area contributed by atoms with E-state index < -0.39 is 0 Å². The maximum atomic E-state index is 6.62. The maximum absolute atomic E-state index is 6.62. The van der Waals surface area contributed by atoms with E-state index in [-0.39, 0.29) is 5.54 Å². The molecule has 0 amide bonds. The Morgan fingerprint density at radius 2 is 2.05 bits per heavy atom. The van der Waals surface area contributed by atoms with Crippen molar-refractivity contribution in [3.8, 4) is 0 Å². The molecular weight excluding hydrogens is 277 g/mol. The monoisotopic (exact) mass is 299 g/mol. The molecule has 0 bridgehead atoms. The van der Waals surface area contributed by atoms with Crippen LogP contribution in [0.5, 0.6) is 0 Å². The van der Waals surface area contributed by atoms with Gasteiger partial charge in [-0.1, -0.05) is 55.5 Å². The molecule has 1 saturated carbocycles. The fraction of sp³-hybridized carbons (Fsp3) is 0.625. The molecule has 2 atom stereocenters. The Morgan fingerprint density at radius 1 is 1.26 bits per heavy atom. The Balaban J connectivity index is 2.08. The molecule has 1 aliphatic rings. The summed E-state index contributed by atoms with van der Waals surface area (Å²) in [6.07, 6.45) is 8.15. The number of halogens is 2. The third-order valence-corrected chi connectivity index (χ3v) is 5.06. The summed E-state index contributed by atoms with van der Waals surface area (Å²) >= 11 is 12.2. The summed E-state index contributed by atoms with van der Waals surface area (Å²) in [7, 11) is 0. The highest BCUT2D eigenvalue weighted by molar-refractivity contribution is 6.35. The normalized spacial score (nSPS) is 28.1. The van der Waals surface area contributed by atoms with E-state index in [0.717, 1.165) is 35.8 Å². The van der Waals surface area contributed by atoms with Gasteiger partial charge < -0.3 is 5.73 Å². The molecular formula is C16H23Cl2N. The van der Waals surface area contributed by atoms with Gasteiger partial charge >= 0.3 is 0 Å². The summed E-state index contributed by atoms with van der Waals surface area (Å²) in [5, 5.41) is 1.43. The number of hydrogen-bond donors (Lipinski definition) is 1. The van der Waals surface area contributed by atoms with Crippen molar-refractivity contribution in [3.05, 3.63) is 33.8 Å². The first-order valence-electron chi connectivity index (χ1n) is 7.25. The minimum Gasteiger partial charge on any atom is -0.325 e. The lowest BCUT2D eigenvalue weighted by atomic mass is 9.84. The molecule has 0 aliphatic heterocycles. The largest absolute Gasteiger partial charge is 0.325 e. The van der Waals surface area contributed by atoms with Gasteiger partial charge in [0.2, 0.25) is 0 Å². The average molecular weight is 300 g/mol. The van der Waals surface area contributed by atoms with Crippen molar-refractivity contribution in [2.45, 2.75) is 57.4 Å². The van der Waals surface area contributed by atoms with Gasteiger partial charge in [-0.25, -0.2) is 0 Å². The van der Waals surface area contributed by atoms with E-state index in [1.807, 2.05) is 18.2 Å². The predicted octanol–water partition coefficient (Wildman–Crippen LogP) is 5.22. The number of hydrogen-bond acceptors (Lipinski definition) is 1. The SMILES string of the molecule is CCC1CCCC(N)(Cc2ccc(Cl)cc2Cl)CC1. The van der Waals surface area contributed by atoms with Gasteiger partial charge in [0.1, 0.15) is 0 Å². The Morgan fingerprint density at radius 3 is 2.74 bits per heavy atom. The minimum absolute atomic E-state index is 0.0958. The van der Waals surface area contributed by atoms with Gasteiger partial charge in [-0.15, -0.1) is 0 Å². The molecule has 0 saturated heterocycles. The van der Waals surface area contributed by atoms with Crippen LogP contribution < -0.4 is 5.73 Å². The highest BCUT2D eigenvalue weighted by atomic mass is 35.5. The number of rotatable bonds is 3. The van der Waals surface area contributed by atoms with Crippen LogP contribution >= 0.6 is 23.2 Å². The molecule has 1 aromatic carbocycles. The van der Waals surface area contributed by atoms with Crippen molar-refractivity contribution in [1.82, 2.24) is 0 Å². The first-order chi connectivity index (χ1) is 9.02. The molecule has 1 aliphatic carbocycles. The van der Waals surface area contributed by atoms with Crippen molar-refractivity contribution < 1.29 is 0 Å². The Hall–Kier alpha value is -0.240. The van der Waals surface area contributed by atoms with E-state index in [2.05, 4.69) is 6.92 Å². The number of benzene rings is 1. The van der Waals surface area contributed by atoms with Gasteiger partial charge in [-0.3, -0.25) is 0 Å². The van der Waals surface area contributed by atoms with Gasteiger partial charge in [-0.2, -0.15) is 0 Å². The lowest BCUT2D eigenvalue weighted by Crippen LogP contribution is -2.41. The summed E-state index contributed by atoms with van der Waals surface area (Å²) in [5.41, 5.74) is 7.66. The van der Waals surface area contributed by atoms with Crippen LogP contribution in [-0.2, 0) is 6.42 Å². The lowest BCUT2D eigenvalue weighted by Gasteiger charge is -2.29. The molecule has 19 heavy (non-hydrogen) atoms. The molecule has 2 N–H and O–H groups in total. The van der Waals surface area contributed by atoms with E-state index in [9.17, 15) is 0 Å². The van der Waals surface area contributed by atoms with E-state index in [0.29, 0.717) is 5.02 Å². The van der Waals surface area contributed by atoms with Crippen molar-refractivity contribution in [2.75, 3.05) is 0 Å². The number of nitrogens with two attached hydrogens (primary N) is 1. The zero-order valence-corrected chi connectivity index (χ0v) is 13.1. The zero-order valence-electron chi connectivity index (χ0n) is 11.6. The molecule has 1 fully saturated rings. The zero-order chi connectivity index (χ0) is 13.9. The first kappa shape index (κ1) is 15.2. The van der Waals surface area contributed by atoms with Crippen molar-refractivity contribution in [3.63, 3.8) is 0 Å². The van der Waals surface area contributed by atoms with Crippen LogP contribution in [0.4, 0.5) is 0 Å². The lowest BCUT2D eigenvalue weighted by molar-refractivity contribution is 0.358. The van der Waals surface area contributed by atoms with Crippen molar-refractivity contribution in [1.29, 1.82) is 0 Å². The highest BCUT2D eigenvalue weighted by Gasteiger charge is 2.29. The fourth-order valence-corrected chi connectivity index (χ4v) is 3.61. The van der Waals surface area contributed by atoms with Crippen LogP contribution in [-0.4, -0.2) is 5.54 Å². The molecule has 106 valence electrons. The molecule has 2 rings (SSSR count). The van der Waals surface area contributed by atoms with Crippen LogP contribution in [0.2, 0.25) is 10.0 Å². The maximum Gasteiger partial charge on any atom is 0.0453 e. The summed E-state index contributed by atoms with van der Waals surface area (Å²) < 4.78 is 0. The molecule has 3 heteroatoms. The van der Waals surface area contributed by atoms with E-state index in [1.54, 1.807) is 0 Å². The van der Waals surface area contributed by atoms with Crippen molar-refractivity contribution in [2.24, 2.45) is 11.7 Å². The Labute approximate surface area is 126 Å². The van der Waals surface area contributed by atoms with Gasteiger partial charge in [0.05, 0.1) is 0 Å². The second kappa shape index (κ2) is 6.47. The fourth-order valence-electron chi connectivity index (χ4n) is 3.13. The second-order valence-electron chi connectivity index (χ2n) is 5.98. The molecule has 0 aromatic heterocycles. The molecule has 2 unspecified atom stereocenters. The standard InChI is InChI=1S/C16H23Cl2N/c1-2-12-4-3-8-16(19,9-7-12)11-13-5-6-14(17)10-15(13)18/h5-6,10,12H,2-4,7-9,11,19H2,1H3. The van der Waals surface area contributed by atoms with Gasteiger partial charge in [0, 0.05) is 15.6 Å². The summed E-state index contributed by atoms with van der Waals surface area (Å²) in [6, 6.07) is 5.73. The Kier molecular flexibility index (Phi) is 5.16. The molecule has 0 spiro atoms. The van der Waals surface area contributed by atoms with Gasteiger partial charge in [0.15, 0.2) is 0 Å².